The summed E-state index contributed by atoms with van der Waals surface area (Å²) in [5.41, 5.74) is -0.397. The molecule has 1 rings (SSSR count). The van der Waals surface area contributed by atoms with Gasteiger partial charge in [0.25, 0.3) is 0 Å². The maximum absolute atomic E-state index is 11.7. The SMILES string of the molecule is N#CC1(CCOCC(F)(F)F)CCC1. The molecular formula is C9H12F3NO. The van der Waals surface area contributed by atoms with Gasteiger partial charge in [-0.05, 0) is 19.3 Å². The predicted molar refractivity (Wildman–Crippen MR) is 43.4 cm³/mol. The number of rotatable bonds is 4. The van der Waals surface area contributed by atoms with Gasteiger partial charge in [0.2, 0.25) is 0 Å². The van der Waals surface area contributed by atoms with E-state index in [1.807, 2.05) is 0 Å². The van der Waals surface area contributed by atoms with Gasteiger partial charge in [-0.3, -0.25) is 0 Å². The molecule has 0 aliphatic heterocycles. The molecule has 0 N–H and O–H groups in total. The Morgan fingerprint density at radius 3 is 2.36 bits per heavy atom. The fourth-order valence-corrected chi connectivity index (χ4v) is 1.48. The van der Waals surface area contributed by atoms with Crippen LogP contribution < -0.4 is 0 Å². The Bertz CT molecular complexity index is 227. The van der Waals surface area contributed by atoms with E-state index in [1.54, 1.807) is 0 Å². The van der Waals surface area contributed by atoms with Crippen LogP contribution in [0.2, 0.25) is 0 Å². The third-order valence-electron chi connectivity index (χ3n) is 2.54. The molecule has 0 heterocycles. The van der Waals surface area contributed by atoms with Crippen LogP contribution in [0.4, 0.5) is 13.2 Å². The Kier molecular flexibility index (Phi) is 3.38. The monoisotopic (exact) mass is 207 g/mol. The van der Waals surface area contributed by atoms with Gasteiger partial charge in [0, 0.05) is 6.61 Å². The van der Waals surface area contributed by atoms with Gasteiger partial charge in [0.05, 0.1) is 11.5 Å². The average molecular weight is 207 g/mol. The first kappa shape index (κ1) is 11.3. The molecule has 0 aromatic carbocycles. The highest BCUT2D eigenvalue weighted by Crippen LogP contribution is 2.43. The molecule has 1 aliphatic carbocycles. The summed E-state index contributed by atoms with van der Waals surface area (Å²) in [6.45, 7) is -1.19. The zero-order valence-electron chi connectivity index (χ0n) is 7.73. The van der Waals surface area contributed by atoms with Crippen LogP contribution >= 0.6 is 0 Å². The smallest absolute Gasteiger partial charge is 0.372 e. The van der Waals surface area contributed by atoms with E-state index in [-0.39, 0.29) is 6.61 Å². The van der Waals surface area contributed by atoms with Crippen LogP contribution in [0.5, 0.6) is 0 Å². The van der Waals surface area contributed by atoms with Crippen molar-refractivity contribution < 1.29 is 17.9 Å². The van der Waals surface area contributed by atoms with E-state index in [1.165, 1.54) is 0 Å². The molecule has 0 aromatic rings. The van der Waals surface area contributed by atoms with Crippen molar-refractivity contribution in [2.24, 2.45) is 5.41 Å². The molecule has 0 unspecified atom stereocenters. The normalized spacial score (nSPS) is 19.9. The van der Waals surface area contributed by atoms with Gasteiger partial charge >= 0.3 is 6.18 Å². The van der Waals surface area contributed by atoms with E-state index in [4.69, 9.17) is 5.26 Å². The van der Waals surface area contributed by atoms with E-state index >= 15 is 0 Å². The van der Waals surface area contributed by atoms with E-state index in [9.17, 15) is 13.2 Å². The molecule has 0 amide bonds. The molecule has 0 radical (unpaired) electrons. The summed E-state index contributed by atoms with van der Waals surface area (Å²) in [5, 5.41) is 8.77. The Hall–Kier alpha value is -0.760. The van der Waals surface area contributed by atoms with Crippen LogP contribution in [0.25, 0.3) is 0 Å². The van der Waals surface area contributed by atoms with Crippen LogP contribution in [-0.2, 0) is 4.74 Å². The highest BCUT2D eigenvalue weighted by molar-refractivity contribution is 5.04. The molecule has 5 heteroatoms. The minimum absolute atomic E-state index is 0.0209. The maximum Gasteiger partial charge on any atom is 0.411 e. The molecule has 1 aliphatic rings. The summed E-state index contributed by atoms with van der Waals surface area (Å²) < 4.78 is 39.4. The predicted octanol–water partition coefficient (Wildman–Crippen LogP) is 2.65. The van der Waals surface area contributed by atoms with Crippen LogP contribution in [0, 0.1) is 16.7 Å². The van der Waals surface area contributed by atoms with Crippen molar-refractivity contribution in [3.8, 4) is 6.07 Å². The number of nitrogens with zero attached hydrogens (tertiary/aromatic N) is 1. The lowest BCUT2D eigenvalue weighted by Gasteiger charge is -2.34. The van der Waals surface area contributed by atoms with Gasteiger partial charge in [-0.25, -0.2) is 0 Å². The first-order valence-corrected chi connectivity index (χ1v) is 4.53. The third-order valence-corrected chi connectivity index (χ3v) is 2.54. The molecule has 80 valence electrons. The van der Waals surface area contributed by atoms with E-state index in [2.05, 4.69) is 10.8 Å². The fourth-order valence-electron chi connectivity index (χ4n) is 1.48. The number of halogens is 3. The van der Waals surface area contributed by atoms with Gasteiger partial charge in [0.15, 0.2) is 0 Å². The number of hydrogen-bond acceptors (Lipinski definition) is 2. The van der Waals surface area contributed by atoms with Crippen LogP contribution in [0.15, 0.2) is 0 Å². The molecule has 1 saturated carbocycles. The van der Waals surface area contributed by atoms with Crippen LogP contribution in [0.3, 0.4) is 0 Å². The lowest BCUT2D eigenvalue weighted by molar-refractivity contribution is -0.175. The van der Waals surface area contributed by atoms with E-state index in [0.717, 1.165) is 19.3 Å². The Balaban J connectivity index is 2.13. The second kappa shape index (κ2) is 4.18. The standard InChI is InChI=1S/C9H12F3NO/c10-9(11,12)7-14-5-4-8(6-13)2-1-3-8/h1-5,7H2. The van der Waals surface area contributed by atoms with Crippen molar-refractivity contribution in [2.75, 3.05) is 13.2 Å². The molecule has 2 nitrogen and oxygen atoms in total. The second-order valence-electron chi connectivity index (χ2n) is 3.66. The van der Waals surface area contributed by atoms with Crippen molar-refractivity contribution in [1.29, 1.82) is 5.26 Å². The number of nitriles is 1. The Labute approximate surface area is 80.7 Å². The summed E-state index contributed by atoms with van der Waals surface area (Å²) in [5.74, 6) is 0. The lowest BCUT2D eigenvalue weighted by atomic mass is 9.68. The number of alkyl halides is 3. The van der Waals surface area contributed by atoms with Crippen molar-refractivity contribution in [1.82, 2.24) is 0 Å². The van der Waals surface area contributed by atoms with Crippen LogP contribution in [0.1, 0.15) is 25.7 Å². The molecule has 0 saturated heterocycles. The second-order valence-corrected chi connectivity index (χ2v) is 3.66. The van der Waals surface area contributed by atoms with E-state index < -0.39 is 18.2 Å². The lowest BCUT2D eigenvalue weighted by Crippen LogP contribution is -2.29. The average Bonchev–Trinajstić information content (AvgIpc) is 2.00. The zero-order valence-corrected chi connectivity index (χ0v) is 7.73. The molecule has 0 spiro atoms. The van der Waals surface area contributed by atoms with Gasteiger partial charge in [-0.1, -0.05) is 6.42 Å². The summed E-state index contributed by atoms with van der Waals surface area (Å²) in [6.07, 6.45) is -1.27. The molecule has 0 aromatic heterocycles. The Morgan fingerprint density at radius 2 is 2.00 bits per heavy atom. The molecule has 0 atom stereocenters. The van der Waals surface area contributed by atoms with Crippen molar-refractivity contribution in [2.45, 2.75) is 31.9 Å². The van der Waals surface area contributed by atoms with Gasteiger partial charge in [-0.15, -0.1) is 0 Å². The number of hydrogen-bond donors (Lipinski definition) is 0. The van der Waals surface area contributed by atoms with Gasteiger partial charge in [0.1, 0.15) is 6.61 Å². The van der Waals surface area contributed by atoms with E-state index in [0.29, 0.717) is 6.42 Å². The Morgan fingerprint density at radius 1 is 1.36 bits per heavy atom. The molecule has 0 bridgehead atoms. The molecule has 1 fully saturated rings. The maximum atomic E-state index is 11.7. The first-order chi connectivity index (χ1) is 6.47. The minimum atomic E-state index is -4.26. The molecule has 14 heavy (non-hydrogen) atoms. The van der Waals surface area contributed by atoms with Crippen molar-refractivity contribution in [3.05, 3.63) is 0 Å². The fraction of sp³-hybridized carbons (Fsp3) is 0.889. The quantitative estimate of drug-likeness (QED) is 0.664. The highest BCUT2D eigenvalue weighted by Gasteiger charge is 2.37. The largest absolute Gasteiger partial charge is 0.411 e. The first-order valence-electron chi connectivity index (χ1n) is 4.53. The van der Waals surface area contributed by atoms with Crippen molar-refractivity contribution in [3.63, 3.8) is 0 Å². The molecular weight excluding hydrogens is 195 g/mol. The summed E-state index contributed by atoms with van der Waals surface area (Å²) in [6, 6.07) is 2.15. The number of ether oxygens (including phenoxy) is 1. The summed E-state index contributed by atoms with van der Waals surface area (Å²) in [7, 11) is 0. The van der Waals surface area contributed by atoms with Gasteiger partial charge < -0.3 is 4.74 Å². The zero-order chi connectivity index (χ0) is 10.7. The highest BCUT2D eigenvalue weighted by atomic mass is 19.4. The summed E-state index contributed by atoms with van der Waals surface area (Å²) >= 11 is 0. The van der Waals surface area contributed by atoms with Crippen molar-refractivity contribution >= 4 is 0 Å². The minimum Gasteiger partial charge on any atom is -0.372 e. The summed E-state index contributed by atoms with van der Waals surface area (Å²) in [4.78, 5) is 0. The van der Waals surface area contributed by atoms with Gasteiger partial charge in [-0.2, -0.15) is 18.4 Å². The topological polar surface area (TPSA) is 33.0 Å². The van der Waals surface area contributed by atoms with Crippen LogP contribution in [-0.4, -0.2) is 19.4 Å². The third kappa shape index (κ3) is 3.18.